The van der Waals surface area contributed by atoms with Gasteiger partial charge in [0.05, 0.1) is 18.8 Å². The minimum atomic E-state index is -0.523. The van der Waals surface area contributed by atoms with Crippen LogP contribution in [0.15, 0.2) is 12.3 Å². The van der Waals surface area contributed by atoms with Gasteiger partial charge in [-0.25, -0.2) is 4.98 Å². The Labute approximate surface area is 113 Å². The first-order chi connectivity index (χ1) is 9.01. The number of nitrogens with one attached hydrogen (secondary N) is 1. The lowest BCUT2D eigenvalue weighted by molar-refractivity contribution is -0.117. The van der Waals surface area contributed by atoms with Crippen molar-refractivity contribution in [2.45, 2.75) is 25.8 Å². The summed E-state index contributed by atoms with van der Waals surface area (Å²) < 4.78 is 5.18. The topological polar surface area (TPSA) is 80.5 Å². The summed E-state index contributed by atoms with van der Waals surface area (Å²) in [7, 11) is 5.29. The smallest absolute Gasteiger partial charge is 0.241 e. The fourth-order valence-corrected chi connectivity index (χ4v) is 1.74. The van der Waals surface area contributed by atoms with Crippen LogP contribution >= 0.6 is 0 Å². The van der Waals surface area contributed by atoms with Crippen LogP contribution in [0, 0.1) is 0 Å². The first-order valence-corrected chi connectivity index (χ1v) is 6.28. The summed E-state index contributed by atoms with van der Waals surface area (Å²) in [5, 5.41) is 2.80. The van der Waals surface area contributed by atoms with Gasteiger partial charge in [-0.1, -0.05) is 13.3 Å². The first kappa shape index (κ1) is 15.2. The van der Waals surface area contributed by atoms with Crippen molar-refractivity contribution in [3.8, 4) is 5.88 Å². The van der Waals surface area contributed by atoms with Gasteiger partial charge >= 0.3 is 0 Å². The van der Waals surface area contributed by atoms with Crippen molar-refractivity contribution < 1.29 is 9.53 Å². The van der Waals surface area contributed by atoms with E-state index in [1.165, 1.54) is 7.11 Å². The largest absolute Gasteiger partial charge is 0.479 e. The zero-order valence-electron chi connectivity index (χ0n) is 11.9. The maximum Gasteiger partial charge on any atom is 0.241 e. The first-order valence-electron chi connectivity index (χ1n) is 6.28. The molecule has 106 valence electrons. The standard InChI is InChI=1S/C13H22N4O2/c1-5-6-9(14)12(18)16-11-10(17(2)3)7-8-15-13(11)19-4/h7-9H,5-6,14H2,1-4H3,(H,16,18)/t9-/m1/s1. The van der Waals surface area contributed by atoms with Gasteiger partial charge in [-0.15, -0.1) is 0 Å². The van der Waals surface area contributed by atoms with Crippen molar-refractivity contribution in [1.29, 1.82) is 0 Å². The third-order valence-corrected chi connectivity index (χ3v) is 2.75. The maximum absolute atomic E-state index is 12.0. The molecule has 0 aliphatic rings. The summed E-state index contributed by atoms with van der Waals surface area (Å²) >= 11 is 0. The molecule has 6 heteroatoms. The molecule has 0 aromatic carbocycles. The van der Waals surface area contributed by atoms with Crippen molar-refractivity contribution in [3.63, 3.8) is 0 Å². The zero-order valence-corrected chi connectivity index (χ0v) is 11.9. The van der Waals surface area contributed by atoms with Crippen LogP contribution in [0.3, 0.4) is 0 Å². The van der Waals surface area contributed by atoms with E-state index in [0.717, 1.165) is 12.1 Å². The van der Waals surface area contributed by atoms with Crippen LogP contribution in [0.1, 0.15) is 19.8 Å². The molecule has 1 rings (SSSR count). The SMILES string of the molecule is CCC[C@@H](N)C(=O)Nc1c(N(C)C)ccnc1OC. The Balaban J connectivity index is 3.01. The minimum Gasteiger partial charge on any atom is -0.479 e. The summed E-state index contributed by atoms with van der Waals surface area (Å²) in [4.78, 5) is 18.0. The van der Waals surface area contributed by atoms with Crippen molar-refractivity contribution >= 4 is 17.3 Å². The molecule has 0 bridgehead atoms. The van der Waals surface area contributed by atoms with Crippen LogP contribution in [0.2, 0.25) is 0 Å². The normalized spacial score (nSPS) is 11.8. The van der Waals surface area contributed by atoms with E-state index in [1.54, 1.807) is 6.20 Å². The molecule has 6 nitrogen and oxygen atoms in total. The fraction of sp³-hybridized carbons (Fsp3) is 0.538. The van der Waals surface area contributed by atoms with Crippen LogP contribution in [-0.4, -0.2) is 38.1 Å². The van der Waals surface area contributed by atoms with Gasteiger partial charge in [-0.05, 0) is 12.5 Å². The average molecular weight is 266 g/mol. The number of nitrogens with two attached hydrogens (primary N) is 1. The van der Waals surface area contributed by atoms with E-state index in [0.29, 0.717) is 18.0 Å². The van der Waals surface area contributed by atoms with E-state index in [4.69, 9.17) is 10.5 Å². The maximum atomic E-state index is 12.0. The van der Waals surface area contributed by atoms with Crippen LogP contribution in [-0.2, 0) is 4.79 Å². The van der Waals surface area contributed by atoms with Crippen LogP contribution in [0.25, 0.3) is 0 Å². The molecule has 0 radical (unpaired) electrons. The molecular formula is C13H22N4O2. The van der Waals surface area contributed by atoms with Gasteiger partial charge in [-0.2, -0.15) is 0 Å². The number of ether oxygens (including phenoxy) is 1. The van der Waals surface area contributed by atoms with E-state index >= 15 is 0 Å². The second kappa shape index (κ2) is 6.94. The molecule has 0 fully saturated rings. The van der Waals surface area contributed by atoms with Gasteiger partial charge in [-0.3, -0.25) is 4.79 Å². The highest BCUT2D eigenvalue weighted by Gasteiger charge is 2.18. The number of hydrogen-bond acceptors (Lipinski definition) is 5. The summed E-state index contributed by atoms with van der Waals surface area (Å²) in [6, 6.07) is 1.29. The Morgan fingerprint density at radius 3 is 2.79 bits per heavy atom. The van der Waals surface area contributed by atoms with E-state index in [9.17, 15) is 4.79 Å². The molecule has 1 amide bonds. The quantitative estimate of drug-likeness (QED) is 0.809. The molecule has 0 saturated carbocycles. The molecule has 0 unspecified atom stereocenters. The molecule has 1 aromatic rings. The van der Waals surface area contributed by atoms with Gasteiger partial charge in [0.1, 0.15) is 5.69 Å². The van der Waals surface area contributed by atoms with Crippen molar-refractivity contribution in [2.75, 3.05) is 31.4 Å². The molecule has 1 aromatic heterocycles. The number of nitrogens with zero attached hydrogens (tertiary/aromatic N) is 2. The molecule has 0 saturated heterocycles. The lowest BCUT2D eigenvalue weighted by atomic mass is 10.1. The second-order valence-electron chi connectivity index (χ2n) is 4.49. The Bertz CT molecular complexity index is 435. The Morgan fingerprint density at radius 1 is 1.58 bits per heavy atom. The minimum absolute atomic E-state index is 0.226. The fourth-order valence-electron chi connectivity index (χ4n) is 1.74. The number of carbonyl (C=O) groups is 1. The lowest BCUT2D eigenvalue weighted by Gasteiger charge is -2.20. The number of hydrogen-bond donors (Lipinski definition) is 2. The molecule has 0 spiro atoms. The summed E-state index contributed by atoms with van der Waals surface area (Å²) in [6.45, 7) is 1.99. The number of methoxy groups -OCH3 is 1. The second-order valence-corrected chi connectivity index (χ2v) is 4.49. The molecule has 0 aliphatic heterocycles. The number of pyridine rings is 1. The number of rotatable bonds is 6. The van der Waals surface area contributed by atoms with Crippen molar-refractivity contribution in [2.24, 2.45) is 5.73 Å². The average Bonchev–Trinajstić information content (AvgIpc) is 2.38. The van der Waals surface area contributed by atoms with Crippen molar-refractivity contribution in [1.82, 2.24) is 4.98 Å². The van der Waals surface area contributed by atoms with Crippen LogP contribution < -0.4 is 20.7 Å². The Kier molecular flexibility index (Phi) is 5.57. The summed E-state index contributed by atoms with van der Waals surface area (Å²) in [6.07, 6.45) is 3.14. The highest BCUT2D eigenvalue weighted by molar-refractivity contribution is 5.98. The third kappa shape index (κ3) is 3.82. The zero-order chi connectivity index (χ0) is 14.4. The van der Waals surface area contributed by atoms with Gasteiger partial charge in [0.25, 0.3) is 0 Å². The van der Waals surface area contributed by atoms with E-state index in [-0.39, 0.29) is 5.91 Å². The van der Waals surface area contributed by atoms with Crippen LogP contribution in [0.5, 0.6) is 5.88 Å². The molecule has 1 heterocycles. The van der Waals surface area contributed by atoms with Gasteiger partial charge in [0.15, 0.2) is 0 Å². The number of carbonyl (C=O) groups excluding carboxylic acids is 1. The van der Waals surface area contributed by atoms with Crippen molar-refractivity contribution in [3.05, 3.63) is 12.3 Å². The predicted octanol–water partition coefficient (Wildman–Crippen LogP) is 1.22. The number of amides is 1. The predicted molar refractivity (Wildman–Crippen MR) is 76.6 cm³/mol. The molecule has 1 atom stereocenters. The van der Waals surface area contributed by atoms with Gasteiger partial charge < -0.3 is 20.7 Å². The van der Waals surface area contributed by atoms with E-state index in [2.05, 4.69) is 10.3 Å². The molecule has 0 aliphatic carbocycles. The number of anilines is 2. The molecule has 19 heavy (non-hydrogen) atoms. The molecular weight excluding hydrogens is 244 g/mol. The summed E-state index contributed by atoms with van der Waals surface area (Å²) in [5.41, 5.74) is 7.18. The Morgan fingerprint density at radius 2 is 2.26 bits per heavy atom. The highest BCUT2D eigenvalue weighted by atomic mass is 16.5. The monoisotopic (exact) mass is 266 g/mol. The van der Waals surface area contributed by atoms with E-state index in [1.807, 2.05) is 32.0 Å². The van der Waals surface area contributed by atoms with Gasteiger partial charge in [0.2, 0.25) is 11.8 Å². The number of aromatic nitrogens is 1. The Hall–Kier alpha value is -1.82. The summed E-state index contributed by atoms with van der Waals surface area (Å²) in [5.74, 6) is 0.152. The van der Waals surface area contributed by atoms with Crippen LogP contribution in [0.4, 0.5) is 11.4 Å². The molecule has 3 N–H and O–H groups in total. The van der Waals surface area contributed by atoms with E-state index < -0.39 is 6.04 Å². The van der Waals surface area contributed by atoms with Gasteiger partial charge in [0, 0.05) is 20.3 Å². The third-order valence-electron chi connectivity index (χ3n) is 2.75. The lowest BCUT2D eigenvalue weighted by Crippen LogP contribution is -2.35. The highest BCUT2D eigenvalue weighted by Crippen LogP contribution is 2.32.